The summed E-state index contributed by atoms with van der Waals surface area (Å²) in [5.41, 5.74) is 1.10. The lowest BCUT2D eigenvalue weighted by molar-refractivity contribution is 0.0283. The van der Waals surface area contributed by atoms with E-state index in [1.165, 1.54) is 27.7 Å². The van der Waals surface area contributed by atoms with Crippen LogP contribution in [0.2, 0.25) is 0 Å². The van der Waals surface area contributed by atoms with Gasteiger partial charge in [-0.2, -0.15) is 5.10 Å². The lowest BCUT2D eigenvalue weighted by Crippen LogP contribution is -2.36. The van der Waals surface area contributed by atoms with Gasteiger partial charge >= 0.3 is 6.09 Å². The summed E-state index contributed by atoms with van der Waals surface area (Å²) < 4.78 is 41.9. The van der Waals surface area contributed by atoms with E-state index in [4.69, 9.17) is 14.5 Å². The van der Waals surface area contributed by atoms with Gasteiger partial charge in [-0.05, 0) is 45.7 Å². The van der Waals surface area contributed by atoms with Gasteiger partial charge in [-0.1, -0.05) is 0 Å². The smallest absolute Gasteiger partial charge is 0.410 e. The largest absolute Gasteiger partial charge is 0.493 e. The molecular weight excluding hydrogens is 458 g/mol. The van der Waals surface area contributed by atoms with Crippen LogP contribution < -0.4 is 10.1 Å². The van der Waals surface area contributed by atoms with Crippen molar-refractivity contribution < 1.29 is 23.0 Å². The molecule has 1 saturated heterocycles. The molecule has 2 aliphatic rings. The zero-order chi connectivity index (χ0) is 24.9. The SMILES string of the molecule is COc1cn2ncc(-c3nc(N[C@H]4CN(C(=O)OC(C)(C)C)C[C@@H]4F)ccc3F)c2nc1C1CC1. The van der Waals surface area contributed by atoms with Crippen LogP contribution in [0.1, 0.15) is 45.2 Å². The highest BCUT2D eigenvalue weighted by Crippen LogP contribution is 2.43. The molecule has 1 aliphatic heterocycles. The fourth-order valence-electron chi connectivity index (χ4n) is 4.16. The Balaban J connectivity index is 1.40. The number of anilines is 1. The summed E-state index contributed by atoms with van der Waals surface area (Å²) in [7, 11) is 1.58. The van der Waals surface area contributed by atoms with Crippen LogP contribution in [-0.4, -0.2) is 68.6 Å². The highest BCUT2D eigenvalue weighted by atomic mass is 19.1. The van der Waals surface area contributed by atoms with Gasteiger partial charge in [0.05, 0.1) is 43.3 Å². The number of aromatic nitrogens is 4. The first-order valence-electron chi connectivity index (χ1n) is 11.6. The van der Waals surface area contributed by atoms with E-state index in [2.05, 4.69) is 15.4 Å². The van der Waals surface area contributed by atoms with Gasteiger partial charge in [0.2, 0.25) is 0 Å². The van der Waals surface area contributed by atoms with E-state index in [0.29, 0.717) is 22.9 Å². The number of hydrogen-bond acceptors (Lipinski definition) is 7. The number of fused-ring (bicyclic) bond motifs is 1. The Hall–Kier alpha value is -3.50. The van der Waals surface area contributed by atoms with Crippen LogP contribution in [0.4, 0.5) is 19.4 Å². The van der Waals surface area contributed by atoms with Crippen molar-refractivity contribution in [2.45, 2.75) is 57.3 Å². The first-order valence-corrected chi connectivity index (χ1v) is 11.6. The molecule has 0 radical (unpaired) electrons. The minimum Gasteiger partial charge on any atom is -0.493 e. The maximum absolute atomic E-state index is 14.9. The highest BCUT2D eigenvalue weighted by molar-refractivity contribution is 5.76. The molecule has 0 aromatic carbocycles. The molecule has 2 fully saturated rings. The molecule has 4 heterocycles. The van der Waals surface area contributed by atoms with Crippen molar-refractivity contribution >= 4 is 17.6 Å². The van der Waals surface area contributed by atoms with Crippen LogP contribution in [0.5, 0.6) is 5.75 Å². The Labute approximate surface area is 201 Å². The molecule has 1 aliphatic carbocycles. The molecule has 3 aromatic rings. The molecule has 2 atom stereocenters. The summed E-state index contributed by atoms with van der Waals surface area (Å²) in [6, 6.07) is 2.01. The number of carbonyl (C=O) groups excluding carboxylic acids is 1. The summed E-state index contributed by atoms with van der Waals surface area (Å²) in [4.78, 5) is 22.8. The Morgan fingerprint density at radius 3 is 2.66 bits per heavy atom. The Kier molecular flexibility index (Phi) is 5.72. The summed E-state index contributed by atoms with van der Waals surface area (Å²) in [5.74, 6) is 0.702. The maximum Gasteiger partial charge on any atom is 0.410 e. The van der Waals surface area contributed by atoms with E-state index in [9.17, 15) is 13.6 Å². The molecule has 0 unspecified atom stereocenters. The predicted molar refractivity (Wildman–Crippen MR) is 125 cm³/mol. The van der Waals surface area contributed by atoms with Crippen molar-refractivity contribution in [3.05, 3.63) is 36.0 Å². The van der Waals surface area contributed by atoms with Crippen molar-refractivity contribution in [1.29, 1.82) is 0 Å². The lowest BCUT2D eigenvalue weighted by Gasteiger charge is -2.24. The number of nitrogens with zero attached hydrogens (tertiary/aromatic N) is 5. The molecule has 0 spiro atoms. The fraction of sp³-hybridized carbons (Fsp3) is 0.500. The molecule has 1 saturated carbocycles. The molecule has 1 N–H and O–H groups in total. The monoisotopic (exact) mass is 486 g/mol. The second-order valence-electron chi connectivity index (χ2n) is 9.97. The van der Waals surface area contributed by atoms with Crippen molar-refractivity contribution in [1.82, 2.24) is 24.5 Å². The van der Waals surface area contributed by atoms with Gasteiger partial charge in [0.1, 0.15) is 29.1 Å². The number of hydrogen-bond donors (Lipinski definition) is 1. The molecule has 3 aromatic heterocycles. The van der Waals surface area contributed by atoms with Gasteiger partial charge in [0.25, 0.3) is 0 Å². The van der Waals surface area contributed by atoms with Crippen LogP contribution in [0.25, 0.3) is 16.9 Å². The molecule has 9 nitrogen and oxygen atoms in total. The second kappa shape index (κ2) is 8.62. The number of alkyl halides is 1. The first-order chi connectivity index (χ1) is 16.6. The summed E-state index contributed by atoms with van der Waals surface area (Å²) >= 11 is 0. The van der Waals surface area contributed by atoms with Crippen molar-refractivity contribution in [2.24, 2.45) is 0 Å². The average molecular weight is 487 g/mol. The van der Waals surface area contributed by atoms with E-state index in [0.717, 1.165) is 18.5 Å². The third kappa shape index (κ3) is 4.71. The molecule has 5 rings (SSSR count). The van der Waals surface area contributed by atoms with E-state index in [1.54, 1.807) is 34.1 Å². The number of amides is 1. The number of rotatable bonds is 5. The van der Waals surface area contributed by atoms with Crippen LogP contribution in [0, 0.1) is 5.82 Å². The molecule has 0 bridgehead atoms. The van der Waals surface area contributed by atoms with E-state index >= 15 is 0 Å². The first kappa shape index (κ1) is 23.3. The van der Waals surface area contributed by atoms with E-state index < -0.39 is 29.7 Å². The standard InChI is InChI=1S/C24H28F2N6O3/c1-24(2,3)35-23(33)31-10-16(26)17(11-31)28-19-8-7-15(25)21(29-19)14-9-27-32-12-18(34-4)20(13-5-6-13)30-22(14)32/h7-9,12-13,16-17H,5-6,10-11H2,1-4H3,(H,28,29)/t16-,17-/m0/s1. The molecule has 1 amide bonds. The topological polar surface area (TPSA) is 93.9 Å². The number of nitrogens with one attached hydrogen (secondary N) is 1. The zero-order valence-corrected chi connectivity index (χ0v) is 20.1. The molecular formula is C24H28F2N6O3. The van der Waals surface area contributed by atoms with Crippen molar-refractivity contribution in [3.8, 4) is 17.0 Å². The number of carbonyl (C=O) groups is 1. The lowest BCUT2D eigenvalue weighted by atomic mass is 10.2. The van der Waals surface area contributed by atoms with E-state index in [1.807, 2.05) is 0 Å². The van der Waals surface area contributed by atoms with Gasteiger partial charge in [0.15, 0.2) is 11.4 Å². The minimum atomic E-state index is -1.33. The van der Waals surface area contributed by atoms with Gasteiger partial charge in [-0.25, -0.2) is 28.1 Å². The Morgan fingerprint density at radius 1 is 1.20 bits per heavy atom. The third-order valence-electron chi connectivity index (χ3n) is 6.01. The van der Waals surface area contributed by atoms with Gasteiger partial charge in [-0.3, -0.25) is 0 Å². The zero-order valence-electron chi connectivity index (χ0n) is 20.1. The average Bonchev–Trinajstić information content (AvgIpc) is 3.46. The number of methoxy groups -OCH3 is 1. The minimum absolute atomic E-state index is 0.0572. The van der Waals surface area contributed by atoms with Crippen LogP contribution in [-0.2, 0) is 4.74 Å². The van der Waals surface area contributed by atoms with Gasteiger partial charge in [-0.15, -0.1) is 0 Å². The van der Waals surface area contributed by atoms with Crippen LogP contribution >= 0.6 is 0 Å². The number of ether oxygens (including phenoxy) is 2. The third-order valence-corrected chi connectivity index (χ3v) is 6.01. The second-order valence-corrected chi connectivity index (χ2v) is 9.97. The van der Waals surface area contributed by atoms with Crippen LogP contribution in [0.3, 0.4) is 0 Å². The molecule has 35 heavy (non-hydrogen) atoms. The molecule has 186 valence electrons. The fourth-order valence-corrected chi connectivity index (χ4v) is 4.16. The van der Waals surface area contributed by atoms with Gasteiger partial charge in [0, 0.05) is 12.5 Å². The predicted octanol–water partition coefficient (Wildman–Crippen LogP) is 4.19. The Bertz CT molecular complexity index is 1270. The highest BCUT2D eigenvalue weighted by Gasteiger charge is 2.38. The quantitative estimate of drug-likeness (QED) is 0.578. The molecule has 11 heteroatoms. The summed E-state index contributed by atoms with van der Waals surface area (Å²) in [6.45, 7) is 5.28. The van der Waals surface area contributed by atoms with Crippen molar-refractivity contribution in [3.63, 3.8) is 0 Å². The van der Waals surface area contributed by atoms with Crippen LogP contribution in [0.15, 0.2) is 24.5 Å². The van der Waals surface area contributed by atoms with Crippen molar-refractivity contribution in [2.75, 3.05) is 25.5 Å². The Morgan fingerprint density at radius 2 is 1.97 bits per heavy atom. The normalized spacial score (nSPS) is 20.3. The van der Waals surface area contributed by atoms with Gasteiger partial charge < -0.3 is 19.7 Å². The van der Waals surface area contributed by atoms with E-state index in [-0.39, 0.29) is 24.6 Å². The number of likely N-dealkylation sites (tertiary alicyclic amines) is 1. The maximum atomic E-state index is 14.9. The number of pyridine rings is 1. The summed E-state index contributed by atoms with van der Waals surface area (Å²) in [6.07, 6.45) is 3.39. The number of halogens is 2. The summed E-state index contributed by atoms with van der Waals surface area (Å²) in [5, 5.41) is 7.30.